The van der Waals surface area contributed by atoms with Gasteiger partial charge in [-0.3, -0.25) is 0 Å². The summed E-state index contributed by atoms with van der Waals surface area (Å²) in [5.74, 6) is 0.188. The van der Waals surface area contributed by atoms with Crippen LogP contribution in [0.15, 0.2) is 34.7 Å². The predicted molar refractivity (Wildman–Crippen MR) is 60.3 cm³/mol. The molecule has 0 N–H and O–H groups in total. The minimum absolute atomic E-state index is 0.188. The van der Waals surface area contributed by atoms with Crippen LogP contribution in [-0.4, -0.2) is 6.09 Å². The second-order valence-corrected chi connectivity index (χ2v) is 3.73. The molecule has 1 amide bonds. The van der Waals surface area contributed by atoms with Crippen molar-refractivity contribution in [3.63, 3.8) is 0 Å². The smallest absolute Gasteiger partial charge is 0.439 e. The van der Waals surface area contributed by atoms with Crippen LogP contribution in [-0.2, 0) is 17.2 Å². The van der Waals surface area contributed by atoms with Crippen LogP contribution in [0.1, 0.15) is 25.5 Å². The maximum absolute atomic E-state index is 11.0. The van der Waals surface area contributed by atoms with Crippen LogP contribution < -0.4 is 0 Å². The number of benzene rings is 1. The maximum Gasteiger partial charge on any atom is 0.445 e. The van der Waals surface area contributed by atoms with Gasteiger partial charge in [0.1, 0.15) is 6.10 Å². The van der Waals surface area contributed by atoms with E-state index in [2.05, 4.69) is 16.8 Å². The van der Waals surface area contributed by atoms with Crippen molar-refractivity contribution in [1.82, 2.24) is 0 Å². The van der Waals surface area contributed by atoms with Crippen molar-refractivity contribution in [3.8, 4) is 0 Å². The fourth-order valence-corrected chi connectivity index (χ4v) is 1.40. The SMILES string of the molecule is CC(C)C(OC(=O)N=S)c1ccccc1. The van der Waals surface area contributed by atoms with Gasteiger partial charge in [0.15, 0.2) is 0 Å². The molecule has 0 saturated carbocycles. The first kappa shape index (κ1) is 11.8. The summed E-state index contributed by atoms with van der Waals surface area (Å²) in [5, 5.41) is 0. The molecule has 1 rings (SSSR count). The molecule has 1 aromatic carbocycles. The number of carbonyl (C=O) groups excluding carboxylic acids is 1. The zero-order valence-corrected chi connectivity index (χ0v) is 9.53. The standard InChI is InChI=1S/C11H13NO2S/c1-8(2)10(14-11(13)12-15)9-6-4-3-5-7-9/h3-8,10H,1-2H3. The highest BCUT2D eigenvalue weighted by atomic mass is 32.1. The van der Waals surface area contributed by atoms with Crippen molar-refractivity contribution >= 4 is 18.5 Å². The Bertz CT molecular complexity index is 338. The Hall–Kier alpha value is -1.29. The average Bonchev–Trinajstić information content (AvgIpc) is 2.26. The van der Waals surface area contributed by atoms with E-state index in [1.807, 2.05) is 44.2 Å². The lowest BCUT2D eigenvalue weighted by atomic mass is 9.99. The molecular weight excluding hydrogens is 210 g/mol. The Morgan fingerprint density at radius 3 is 2.40 bits per heavy atom. The van der Waals surface area contributed by atoms with Crippen molar-refractivity contribution in [2.75, 3.05) is 0 Å². The van der Waals surface area contributed by atoms with Crippen LogP contribution in [0, 0.1) is 5.92 Å². The Morgan fingerprint density at radius 1 is 1.33 bits per heavy atom. The first-order valence-electron chi connectivity index (χ1n) is 4.74. The zero-order chi connectivity index (χ0) is 11.3. The molecule has 0 heterocycles. The highest BCUT2D eigenvalue weighted by Gasteiger charge is 2.19. The van der Waals surface area contributed by atoms with E-state index in [0.717, 1.165) is 5.56 Å². The number of nitrogens with zero attached hydrogens (tertiary/aromatic N) is 1. The molecule has 0 aromatic heterocycles. The van der Waals surface area contributed by atoms with Crippen LogP contribution in [0.5, 0.6) is 0 Å². The summed E-state index contributed by atoms with van der Waals surface area (Å²) >= 11 is 4.28. The van der Waals surface area contributed by atoms with E-state index in [4.69, 9.17) is 4.74 Å². The molecule has 0 saturated heterocycles. The van der Waals surface area contributed by atoms with Crippen LogP contribution in [0.2, 0.25) is 0 Å². The summed E-state index contributed by atoms with van der Waals surface area (Å²) in [7, 11) is 0. The molecule has 15 heavy (non-hydrogen) atoms. The fraction of sp³-hybridized carbons (Fsp3) is 0.364. The Labute approximate surface area is 94.6 Å². The number of hydrogen-bond acceptors (Lipinski definition) is 3. The Kier molecular flexibility index (Phi) is 4.37. The number of hydrogen-bond donors (Lipinski definition) is 0. The Morgan fingerprint density at radius 2 is 1.93 bits per heavy atom. The second-order valence-electron chi connectivity index (χ2n) is 3.55. The maximum atomic E-state index is 11.0. The van der Waals surface area contributed by atoms with Gasteiger partial charge < -0.3 is 4.74 Å². The third kappa shape index (κ3) is 3.40. The molecule has 0 fully saturated rings. The van der Waals surface area contributed by atoms with Crippen molar-refractivity contribution in [1.29, 1.82) is 0 Å². The number of amides is 1. The molecule has 0 aliphatic carbocycles. The molecule has 4 heteroatoms. The highest BCUT2D eigenvalue weighted by molar-refractivity contribution is 7.47. The zero-order valence-electron chi connectivity index (χ0n) is 8.71. The lowest BCUT2D eigenvalue weighted by Crippen LogP contribution is -2.13. The van der Waals surface area contributed by atoms with Gasteiger partial charge in [-0.2, -0.15) is 0 Å². The summed E-state index contributed by atoms with van der Waals surface area (Å²) in [6.07, 6.45) is -0.988. The first-order chi connectivity index (χ1) is 7.15. The van der Waals surface area contributed by atoms with Gasteiger partial charge in [-0.25, -0.2) is 4.79 Å². The van der Waals surface area contributed by atoms with Crippen LogP contribution in [0.25, 0.3) is 0 Å². The summed E-state index contributed by atoms with van der Waals surface area (Å²) in [6, 6.07) is 9.57. The molecule has 1 aromatic rings. The van der Waals surface area contributed by atoms with E-state index in [1.54, 1.807) is 0 Å². The monoisotopic (exact) mass is 223 g/mol. The molecule has 0 bridgehead atoms. The van der Waals surface area contributed by atoms with Gasteiger partial charge in [-0.1, -0.05) is 44.2 Å². The van der Waals surface area contributed by atoms with E-state index in [0.29, 0.717) is 0 Å². The largest absolute Gasteiger partial charge is 0.445 e. The molecule has 0 spiro atoms. The molecule has 0 radical (unpaired) electrons. The molecular formula is C11H13NO2S. The van der Waals surface area contributed by atoms with Crippen LogP contribution in [0.3, 0.4) is 0 Å². The van der Waals surface area contributed by atoms with E-state index < -0.39 is 6.09 Å². The van der Waals surface area contributed by atoms with Crippen LogP contribution >= 0.6 is 0 Å². The predicted octanol–water partition coefficient (Wildman–Crippen LogP) is 3.25. The van der Waals surface area contributed by atoms with Gasteiger partial charge in [0.25, 0.3) is 0 Å². The minimum atomic E-state index is -0.701. The molecule has 0 aliphatic rings. The number of rotatable bonds is 3. The molecule has 1 unspecified atom stereocenters. The lowest BCUT2D eigenvalue weighted by Gasteiger charge is -2.20. The summed E-state index contributed by atoms with van der Waals surface area (Å²) < 4.78 is 8.20. The highest BCUT2D eigenvalue weighted by Crippen LogP contribution is 2.25. The molecule has 80 valence electrons. The van der Waals surface area contributed by atoms with Gasteiger partial charge in [-0.05, 0) is 11.5 Å². The van der Waals surface area contributed by atoms with E-state index in [1.165, 1.54) is 0 Å². The summed E-state index contributed by atoms with van der Waals surface area (Å²) in [6.45, 7) is 3.96. The van der Waals surface area contributed by atoms with Gasteiger partial charge >= 0.3 is 6.09 Å². The molecule has 3 nitrogen and oxygen atoms in total. The number of carbonyl (C=O) groups is 1. The fourth-order valence-electron chi connectivity index (χ4n) is 1.36. The third-order valence-corrected chi connectivity index (χ3v) is 2.18. The van der Waals surface area contributed by atoms with Crippen molar-refractivity contribution in [2.45, 2.75) is 20.0 Å². The first-order valence-corrected chi connectivity index (χ1v) is 5.10. The summed E-state index contributed by atoms with van der Waals surface area (Å²) in [4.78, 5) is 11.0. The van der Waals surface area contributed by atoms with Gasteiger partial charge in [0.2, 0.25) is 0 Å². The quantitative estimate of drug-likeness (QED) is 0.789. The van der Waals surface area contributed by atoms with Gasteiger partial charge in [0, 0.05) is 12.4 Å². The van der Waals surface area contributed by atoms with Crippen molar-refractivity contribution in [3.05, 3.63) is 35.9 Å². The topological polar surface area (TPSA) is 38.7 Å². The van der Waals surface area contributed by atoms with Crippen molar-refractivity contribution in [2.24, 2.45) is 10.3 Å². The third-order valence-electron chi connectivity index (χ3n) is 2.04. The van der Waals surface area contributed by atoms with E-state index in [9.17, 15) is 4.79 Å². The van der Waals surface area contributed by atoms with E-state index in [-0.39, 0.29) is 12.0 Å². The van der Waals surface area contributed by atoms with E-state index >= 15 is 0 Å². The molecule has 1 atom stereocenters. The number of ether oxygens (including phenoxy) is 1. The average molecular weight is 223 g/mol. The van der Waals surface area contributed by atoms with Crippen molar-refractivity contribution < 1.29 is 9.53 Å². The Balaban J connectivity index is 2.84. The summed E-state index contributed by atoms with van der Waals surface area (Å²) in [5.41, 5.74) is 0.958. The second kappa shape index (κ2) is 5.56. The van der Waals surface area contributed by atoms with Gasteiger partial charge in [0.05, 0.1) is 0 Å². The normalized spacial score (nSPS) is 12.2. The van der Waals surface area contributed by atoms with Crippen LogP contribution in [0.4, 0.5) is 4.79 Å². The lowest BCUT2D eigenvalue weighted by molar-refractivity contribution is 0.0793. The van der Waals surface area contributed by atoms with Gasteiger partial charge in [-0.15, -0.1) is 4.36 Å². The molecule has 0 aliphatic heterocycles. The minimum Gasteiger partial charge on any atom is -0.439 e.